The molecule has 0 fully saturated rings. The maximum Gasteiger partial charge on any atom is 0.238 e. The van der Waals surface area contributed by atoms with Crippen molar-refractivity contribution in [3.8, 4) is 0 Å². The van der Waals surface area contributed by atoms with Gasteiger partial charge in [-0.15, -0.1) is 0 Å². The van der Waals surface area contributed by atoms with E-state index in [2.05, 4.69) is 24.1 Å². The molecular formula is C16H26FN3O. The second-order valence-electron chi connectivity index (χ2n) is 5.20. The Bertz CT molecular complexity index is 435. The Balaban J connectivity index is 2.72. The van der Waals surface area contributed by atoms with Crippen molar-refractivity contribution in [3.63, 3.8) is 0 Å². The summed E-state index contributed by atoms with van der Waals surface area (Å²) in [5, 5.41) is 2.79. The Labute approximate surface area is 126 Å². The Hall–Kier alpha value is -1.46. The number of carbonyl (C=O) groups excluding carboxylic acids is 1. The third-order valence-electron chi connectivity index (χ3n) is 4.21. The fraction of sp³-hybridized carbons (Fsp3) is 0.562. The van der Waals surface area contributed by atoms with Gasteiger partial charge in [-0.2, -0.15) is 0 Å². The molecule has 0 saturated carbocycles. The highest BCUT2D eigenvalue weighted by molar-refractivity contribution is 5.92. The van der Waals surface area contributed by atoms with E-state index in [0.717, 1.165) is 19.4 Å². The molecule has 0 heterocycles. The Morgan fingerprint density at radius 2 is 1.81 bits per heavy atom. The minimum Gasteiger partial charge on any atom is -0.329 e. The van der Waals surface area contributed by atoms with Gasteiger partial charge in [-0.05, 0) is 43.7 Å². The smallest absolute Gasteiger partial charge is 0.238 e. The molecule has 1 aromatic rings. The highest BCUT2D eigenvalue weighted by Gasteiger charge is 2.32. The predicted molar refractivity (Wildman–Crippen MR) is 84.6 cm³/mol. The van der Waals surface area contributed by atoms with E-state index in [-0.39, 0.29) is 23.8 Å². The SMILES string of the molecule is CCN(CC(=O)Nc1ccc(F)cc1)C(CC)(CC)CN. The molecule has 0 saturated heterocycles. The largest absolute Gasteiger partial charge is 0.329 e. The Kier molecular flexibility index (Phi) is 6.78. The standard InChI is InChI=1S/C16H26FN3O/c1-4-16(5-2,12-18)20(6-3)11-15(21)19-14-9-7-13(17)8-10-14/h7-10H,4-6,11-12,18H2,1-3H3,(H,19,21). The van der Waals surface area contributed by atoms with Crippen LogP contribution in [0.25, 0.3) is 0 Å². The fourth-order valence-corrected chi connectivity index (χ4v) is 2.64. The van der Waals surface area contributed by atoms with Gasteiger partial charge in [0, 0.05) is 17.8 Å². The van der Waals surface area contributed by atoms with Crippen molar-refractivity contribution in [2.24, 2.45) is 5.73 Å². The Morgan fingerprint density at radius 3 is 2.24 bits per heavy atom. The molecule has 1 rings (SSSR count). The summed E-state index contributed by atoms with van der Waals surface area (Å²) in [6, 6.07) is 5.77. The number of hydrogen-bond acceptors (Lipinski definition) is 3. The van der Waals surface area contributed by atoms with Crippen LogP contribution >= 0.6 is 0 Å². The third-order valence-corrected chi connectivity index (χ3v) is 4.21. The molecule has 118 valence electrons. The number of anilines is 1. The summed E-state index contributed by atoms with van der Waals surface area (Å²) in [7, 11) is 0. The van der Waals surface area contributed by atoms with Crippen LogP contribution < -0.4 is 11.1 Å². The lowest BCUT2D eigenvalue weighted by Crippen LogP contribution is -2.55. The number of nitrogens with one attached hydrogen (secondary N) is 1. The minimum absolute atomic E-state index is 0.108. The molecule has 3 N–H and O–H groups in total. The van der Waals surface area contributed by atoms with E-state index < -0.39 is 0 Å². The minimum atomic E-state index is -0.317. The van der Waals surface area contributed by atoms with Crippen LogP contribution in [-0.2, 0) is 4.79 Å². The average molecular weight is 295 g/mol. The molecule has 21 heavy (non-hydrogen) atoms. The number of nitrogens with zero attached hydrogens (tertiary/aromatic N) is 1. The summed E-state index contributed by atoms with van der Waals surface area (Å²) in [6.07, 6.45) is 1.80. The summed E-state index contributed by atoms with van der Waals surface area (Å²) in [5.41, 5.74) is 6.39. The molecule has 0 bridgehead atoms. The summed E-state index contributed by atoms with van der Waals surface area (Å²) >= 11 is 0. The molecule has 0 aliphatic carbocycles. The van der Waals surface area contributed by atoms with Gasteiger partial charge in [-0.25, -0.2) is 4.39 Å². The summed E-state index contributed by atoms with van der Waals surface area (Å²) in [6.45, 7) is 7.79. The van der Waals surface area contributed by atoms with Gasteiger partial charge in [-0.3, -0.25) is 9.69 Å². The van der Waals surface area contributed by atoms with Gasteiger partial charge in [-0.1, -0.05) is 20.8 Å². The summed E-state index contributed by atoms with van der Waals surface area (Å²) < 4.78 is 12.8. The second-order valence-corrected chi connectivity index (χ2v) is 5.20. The van der Waals surface area contributed by atoms with Crippen LogP contribution in [0.5, 0.6) is 0 Å². The number of carbonyl (C=O) groups is 1. The van der Waals surface area contributed by atoms with Crippen molar-refractivity contribution >= 4 is 11.6 Å². The van der Waals surface area contributed by atoms with Crippen LogP contribution in [0.15, 0.2) is 24.3 Å². The zero-order valence-electron chi connectivity index (χ0n) is 13.2. The molecule has 0 aliphatic heterocycles. The zero-order valence-corrected chi connectivity index (χ0v) is 13.2. The van der Waals surface area contributed by atoms with Crippen LogP contribution in [0.1, 0.15) is 33.6 Å². The highest BCUT2D eigenvalue weighted by Crippen LogP contribution is 2.22. The Morgan fingerprint density at radius 1 is 1.24 bits per heavy atom. The van der Waals surface area contributed by atoms with Crippen LogP contribution in [0.2, 0.25) is 0 Å². The first-order valence-electron chi connectivity index (χ1n) is 7.51. The molecule has 5 heteroatoms. The first-order chi connectivity index (χ1) is 10.0. The maximum absolute atomic E-state index is 12.8. The number of likely N-dealkylation sites (N-methyl/N-ethyl adjacent to an activating group) is 1. The van der Waals surface area contributed by atoms with E-state index in [1.54, 1.807) is 12.1 Å². The average Bonchev–Trinajstić information content (AvgIpc) is 2.50. The second kappa shape index (κ2) is 8.10. The zero-order chi connectivity index (χ0) is 15.9. The van der Waals surface area contributed by atoms with Crippen molar-refractivity contribution in [2.45, 2.75) is 39.2 Å². The number of halogens is 1. The third kappa shape index (κ3) is 4.51. The van der Waals surface area contributed by atoms with E-state index in [9.17, 15) is 9.18 Å². The molecule has 1 aromatic carbocycles. The van der Waals surface area contributed by atoms with E-state index >= 15 is 0 Å². The van der Waals surface area contributed by atoms with E-state index in [0.29, 0.717) is 12.2 Å². The number of nitrogens with two attached hydrogens (primary N) is 1. The van der Waals surface area contributed by atoms with Crippen LogP contribution in [-0.4, -0.2) is 36.0 Å². The fourth-order valence-electron chi connectivity index (χ4n) is 2.64. The van der Waals surface area contributed by atoms with Gasteiger partial charge in [0.2, 0.25) is 5.91 Å². The number of hydrogen-bond donors (Lipinski definition) is 2. The number of rotatable bonds is 8. The van der Waals surface area contributed by atoms with E-state index in [1.807, 2.05) is 6.92 Å². The normalized spacial score (nSPS) is 11.7. The van der Waals surface area contributed by atoms with Crippen molar-refractivity contribution in [1.29, 1.82) is 0 Å². The monoisotopic (exact) mass is 295 g/mol. The highest BCUT2D eigenvalue weighted by atomic mass is 19.1. The first kappa shape index (κ1) is 17.6. The number of amides is 1. The van der Waals surface area contributed by atoms with Gasteiger partial charge < -0.3 is 11.1 Å². The summed E-state index contributed by atoms with van der Waals surface area (Å²) in [4.78, 5) is 14.3. The summed E-state index contributed by atoms with van der Waals surface area (Å²) in [5.74, 6) is -0.425. The van der Waals surface area contributed by atoms with E-state index in [4.69, 9.17) is 5.73 Å². The number of benzene rings is 1. The van der Waals surface area contributed by atoms with Crippen LogP contribution in [0.4, 0.5) is 10.1 Å². The maximum atomic E-state index is 12.8. The van der Waals surface area contributed by atoms with Gasteiger partial charge >= 0.3 is 0 Å². The lowest BCUT2D eigenvalue weighted by atomic mass is 9.90. The molecule has 0 unspecified atom stereocenters. The predicted octanol–water partition coefficient (Wildman–Crippen LogP) is 2.60. The van der Waals surface area contributed by atoms with Crippen LogP contribution in [0, 0.1) is 5.82 Å². The van der Waals surface area contributed by atoms with Gasteiger partial charge in [0.1, 0.15) is 5.82 Å². The van der Waals surface area contributed by atoms with Crippen molar-refractivity contribution < 1.29 is 9.18 Å². The van der Waals surface area contributed by atoms with Crippen molar-refractivity contribution in [1.82, 2.24) is 4.90 Å². The molecule has 0 spiro atoms. The molecule has 0 atom stereocenters. The molecular weight excluding hydrogens is 269 g/mol. The van der Waals surface area contributed by atoms with Crippen molar-refractivity contribution in [2.75, 3.05) is 25.0 Å². The van der Waals surface area contributed by atoms with Crippen LogP contribution in [0.3, 0.4) is 0 Å². The molecule has 0 radical (unpaired) electrons. The molecule has 4 nitrogen and oxygen atoms in total. The van der Waals surface area contributed by atoms with Gasteiger partial charge in [0.25, 0.3) is 0 Å². The topological polar surface area (TPSA) is 58.4 Å². The molecule has 1 amide bonds. The first-order valence-corrected chi connectivity index (χ1v) is 7.51. The lowest BCUT2D eigenvalue weighted by Gasteiger charge is -2.41. The molecule has 0 aliphatic rings. The van der Waals surface area contributed by atoms with Gasteiger partial charge in [0.15, 0.2) is 0 Å². The molecule has 0 aromatic heterocycles. The quantitative estimate of drug-likeness (QED) is 0.775. The van der Waals surface area contributed by atoms with E-state index in [1.165, 1.54) is 12.1 Å². The van der Waals surface area contributed by atoms with Crippen molar-refractivity contribution in [3.05, 3.63) is 30.1 Å². The lowest BCUT2D eigenvalue weighted by molar-refractivity contribution is -0.119. The van der Waals surface area contributed by atoms with Gasteiger partial charge in [0.05, 0.1) is 6.54 Å².